The van der Waals surface area contributed by atoms with Crippen molar-refractivity contribution in [2.24, 2.45) is 0 Å². The van der Waals surface area contributed by atoms with Crippen LogP contribution in [0.2, 0.25) is 0 Å². The number of ether oxygens (including phenoxy) is 1. The van der Waals surface area contributed by atoms with Gasteiger partial charge in [0.05, 0.1) is 0 Å². The van der Waals surface area contributed by atoms with E-state index >= 15 is 0 Å². The summed E-state index contributed by atoms with van der Waals surface area (Å²) in [7, 11) is 0. The summed E-state index contributed by atoms with van der Waals surface area (Å²) in [6, 6.07) is 0. The summed E-state index contributed by atoms with van der Waals surface area (Å²) in [6.07, 6.45) is -4.62. The Morgan fingerprint density at radius 3 is 2.23 bits per heavy atom. The number of alkyl halides is 3. The van der Waals surface area contributed by atoms with Crippen LogP contribution >= 0.6 is 0 Å². The quantitative estimate of drug-likeness (QED) is 0.695. The van der Waals surface area contributed by atoms with Crippen LogP contribution in [-0.2, 0) is 9.53 Å². The first kappa shape index (κ1) is 10.3. The van der Waals surface area contributed by atoms with E-state index in [-0.39, 0.29) is 13.0 Å². The lowest BCUT2D eigenvalue weighted by Crippen LogP contribution is -2.55. The second kappa shape index (κ2) is 3.17. The van der Waals surface area contributed by atoms with E-state index in [1.54, 1.807) is 0 Å². The highest BCUT2D eigenvalue weighted by Gasteiger charge is 2.62. The highest BCUT2D eigenvalue weighted by molar-refractivity contribution is 5.78. The van der Waals surface area contributed by atoms with Gasteiger partial charge in [-0.2, -0.15) is 13.2 Å². The number of aliphatic carboxylic acids is 1. The fourth-order valence-electron chi connectivity index (χ4n) is 1.31. The lowest BCUT2D eigenvalue weighted by Gasteiger charge is -2.34. The predicted molar refractivity (Wildman–Crippen MR) is 36.2 cm³/mol. The molecule has 0 spiro atoms. The molecule has 1 N–H and O–H groups in total. The van der Waals surface area contributed by atoms with Gasteiger partial charge in [0.2, 0.25) is 0 Å². The summed E-state index contributed by atoms with van der Waals surface area (Å²) in [5.74, 6) is -1.94. The first-order valence-electron chi connectivity index (χ1n) is 3.84. The molecule has 1 unspecified atom stereocenters. The molecular weight excluding hydrogens is 189 g/mol. The van der Waals surface area contributed by atoms with Crippen molar-refractivity contribution < 1.29 is 27.8 Å². The van der Waals surface area contributed by atoms with Crippen molar-refractivity contribution in [3.63, 3.8) is 0 Å². The number of hydrogen-bond acceptors (Lipinski definition) is 2. The van der Waals surface area contributed by atoms with Crippen LogP contribution in [0.5, 0.6) is 0 Å². The second-order valence-corrected chi connectivity index (χ2v) is 2.94. The topological polar surface area (TPSA) is 46.5 Å². The highest BCUT2D eigenvalue weighted by atomic mass is 19.4. The number of carbonyl (C=O) groups is 1. The van der Waals surface area contributed by atoms with Crippen LogP contribution in [0.4, 0.5) is 13.2 Å². The van der Waals surface area contributed by atoms with Crippen molar-refractivity contribution in [2.75, 3.05) is 6.61 Å². The van der Waals surface area contributed by atoms with Gasteiger partial charge in [0.25, 0.3) is 5.60 Å². The van der Waals surface area contributed by atoms with E-state index in [1.807, 2.05) is 0 Å². The van der Waals surface area contributed by atoms with Gasteiger partial charge < -0.3 is 9.84 Å². The monoisotopic (exact) mass is 198 g/mol. The lowest BCUT2D eigenvalue weighted by molar-refractivity contribution is -0.284. The molecule has 1 saturated heterocycles. The molecule has 0 radical (unpaired) electrons. The standard InChI is InChI=1S/C7H9F3O3/c8-7(9,10)6(5(11)12)3-1-2-4-13-6/h1-4H2,(H,11,12). The van der Waals surface area contributed by atoms with Crippen molar-refractivity contribution in [1.82, 2.24) is 0 Å². The van der Waals surface area contributed by atoms with Crippen LogP contribution in [0, 0.1) is 0 Å². The average molecular weight is 198 g/mol. The molecule has 0 amide bonds. The van der Waals surface area contributed by atoms with Crippen LogP contribution in [0.1, 0.15) is 19.3 Å². The minimum absolute atomic E-state index is 0.147. The normalized spacial score (nSPS) is 30.1. The zero-order chi connectivity index (χ0) is 10.1. The Bertz CT molecular complexity index is 206. The van der Waals surface area contributed by atoms with Crippen molar-refractivity contribution in [3.05, 3.63) is 0 Å². The summed E-state index contributed by atoms with van der Waals surface area (Å²) in [4.78, 5) is 10.5. The van der Waals surface area contributed by atoms with Gasteiger partial charge in [-0.15, -0.1) is 0 Å². The van der Waals surface area contributed by atoms with Gasteiger partial charge in [0, 0.05) is 6.61 Å². The Balaban J connectivity index is 2.93. The fourth-order valence-corrected chi connectivity index (χ4v) is 1.31. The lowest BCUT2D eigenvalue weighted by atomic mass is 9.93. The summed E-state index contributed by atoms with van der Waals surface area (Å²) in [5, 5.41) is 8.48. The predicted octanol–water partition coefficient (Wildman–Crippen LogP) is 1.57. The van der Waals surface area contributed by atoms with Crippen LogP contribution in [0.15, 0.2) is 0 Å². The van der Waals surface area contributed by atoms with Crippen molar-refractivity contribution >= 4 is 5.97 Å². The number of hydrogen-bond donors (Lipinski definition) is 1. The van der Waals surface area contributed by atoms with Gasteiger partial charge in [-0.1, -0.05) is 0 Å². The van der Waals surface area contributed by atoms with E-state index in [2.05, 4.69) is 4.74 Å². The van der Waals surface area contributed by atoms with Gasteiger partial charge in [0.1, 0.15) is 0 Å². The molecule has 76 valence electrons. The second-order valence-electron chi connectivity index (χ2n) is 2.94. The molecule has 0 aromatic carbocycles. The van der Waals surface area contributed by atoms with E-state index in [0.717, 1.165) is 0 Å². The van der Waals surface area contributed by atoms with Crippen molar-refractivity contribution in [2.45, 2.75) is 31.0 Å². The summed E-state index contributed by atoms with van der Waals surface area (Å²) in [6.45, 7) is -0.147. The Morgan fingerprint density at radius 2 is 2.00 bits per heavy atom. The zero-order valence-electron chi connectivity index (χ0n) is 6.73. The van der Waals surface area contributed by atoms with E-state index in [9.17, 15) is 18.0 Å². The minimum Gasteiger partial charge on any atom is -0.479 e. The third kappa shape index (κ3) is 1.63. The average Bonchev–Trinajstić information content (AvgIpc) is 2.03. The summed E-state index contributed by atoms with van der Waals surface area (Å²) < 4.78 is 41.4. The maximum Gasteiger partial charge on any atom is 0.428 e. The Hall–Kier alpha value is -0.780. The van der Waals surface area contributed by atoms with Crippen molar-refractivity contribution in [3.8, 4) is 0 Å². The molecule has 0 aromatic heterocycles. The SMILES string of the molecule is O=C(O)C1(C(F)(F)F)CCCCO1. The highest BCUT2D eigenvalue weighted by Crippen LogP contribution is 2.40. The third-order valence-electron chi connectivity index (χ3n) is 2.08. The maximum atomic E-state index is 12.3. The van der Waals surface area contributed by atoms with E-state index in [4.69, 9.17) is 5.11 Å². The van der Waals surface area contributed by atoms with Gasteiger partial charge in [0.15, 0.2) is 0 Å². The maximum absolute atomic E-state index is 12.3. The van der Waals surface area contributed by atoms with E-state index in [1.165, 1.54) is 0 Å². The first-order valence-corrected chi connectivity index (χ1v) is 3.84. The van der Waals surface area contributed by atoms with Crippen LogP contribution in [0.3, 0.4) is 0 Å². The van der Waals surface area contributed by atoms with E-state index in [0.29, 0.717) is 6.42 Å². The number of carboxylic acid groups (broad SMARTS) is 1. The van der Waals surface area contributed by atoms with Gasteiger partial charge in [-0.05, 0) is 19.3 Å². The largest absolute Gasteiger partial charge is 0.479 e. The van der Waals surface area contributed by atoms with Crippen molar-refractivity contribution in [1.29, 1.82) is 0 Å². The number of halogens is 3. The number of rotatable bonds is 1. The smallest absolute Gasteiger partial charge is 0.428 e. The molecule has 0 saturated carbocycles. The minimum atomic E-state index is -4.83. The third-order valence-corrected chi connectivity index (χ3v) is 2.08. The molecule has 1 heterocycles. The van der Waals surface area contributed by atoms with Gasteiger partial charge >= 0.3 is 12.1 Å². The molecule has 0 aliphatic carbocycles. The molecule has 6 heteroatoms. The molecule has 1 fully saturated rings. The summed E-state index contributed by atoms with van der Waals surface area (Å²) >= 11 is 0. The molecule has 0 bridgehead atoms. The molecular formula is C7H9F3O3. The molecule has 13 heavy (non-hydrogen) atoms. The first-order chi connectivity index (χ1) is 5.90. The molecule has 1 aliphatic heterocycles. The molecule has 0 aromatic rings. The molecule has 1 rings (SSSR count). The van der Waals surface area contributed by atoms with E-state index < -0.39 is 24.2 Å². The molecule has 3 nitrogen and oxygen atoms in total. The Labute approximate surface area is 72.5 Å². The fraction of sp³-hybridized carbons (Fsp3) is 0.857. The Kier molecular flexibility index (Phi) is 2.51. The van der Waals surface area contributed by atoms with Gasteiger partial charge in [-0.3, -0.25) is 0 Å². The number of carboxylic acids is 1. The van der Waals surface area contributed by atoms with Crippen LogP contribution < -0.4 is 0 Å². The molecule has 1 aliphatic rings. The van der Waals surface area contributed by atoms with Crippen LogP contribution in [-0.4, -0.2) is 29.5 Å². The zero-order valence-corrected chi connectivity index (χ0v) is 6.73. The van der Waals surface area contributed by atoms with Gasteiger partial charge in [-0.25, -0.2) is 4.79 Å². The molecule has 1 atom stereocenters. The van der Waals surface area contributed by atoms with Crippen LogP contribution in [0.25, 0.3) is 0 Å². The summed E-state index contributed by atoms with van der Waals surface area (Å²) in [5.41, 5.74) is -2.97. The Morgan fingerprint density at radius 1 is 1.38 bits per heavy atom.